The fourth-order valence-electron chi connectivity index (χ4n) is 1.25. The first-order valence-electron chi connectivity index (χ1n) is 4.52. The Labute approximate surface area is 97.1 Å². The molecule has 1 N–H and O–H groups in total. The highest BCUT2D eigenvalue weighted by atomic mass is 35.5. The minimum atomic E-state index is 0.548. The van der Waals surface area contributed by atoms with Gasteiger partial charge in [0.1, 0.15) is 5.51 Å². The highest BCUT2D eigenvalue weighted by molar-refractivity contribution is 7.13. The van der Waals surface area contributed by atoms with Crippen LogP contribution in [0.4, 0.5) is 5.13 Å². The lowest BCUT2D eigenvalue weighted by Crippen LogP contribution is -1.99. The standard InChI is InChI=1S/C10H10ClN3S/c11-5-8-2-1-3-9(4-8)6-12-10-14-13-7-15-10/h1-4,7H,5-6H2,(H,12,14). The van der Waals surface area contributed by atoms with Gasteiger partial charge in [-0.15, -0.1) is 21.8 Å². The van der Waals surface area contributed by atoms with Crippen LogP contribution < -0.4 is 5.32 Å². The maximum atomic E-state index is 5.76. The first kappa shape index (κ1) is 10.4. The number of nitrogens with zero attached hydrogens (tertiary/aromatic N) is 2. The van der Waals surface area contributed by atoms with Gasteiger partial charge in [0, 0.05) is 12.4 Å². The van der Waals surface area contributed by atoms with Gasteiger partial charge < -0.3 is 5.32 Å². The lowest BCUT2D eigenvalue weighted by molar-refractivity contribution is 1.05. The van der Waals surface area contributed by atoms with Crippen molar-refractivity contribution in [3.05, 3.63) is 40.9 Å². The molecule has 0 saturated heterocycles. The van der Waals surface area contributed by atoms with Gasteiger partial charge in [-0.05, 0) is 11.1 Å². The van der Waals surface area contributed by atoms with E-state index in [1.54, 1.807) is 5.51 Å². The monoisotopic (exact) mass is 239 g/mol. The number of hydrogen-bond acceptors (Lipinski definition) is 4. The van der Waals surface area contributed by atoms with Gasteiger partial charge in [-0.2, -0.15) is 0 Å². The molecular weight excluding hydrogens is 230 g/mol. The number of halogens is 1. The summed E-state index contributed by atoms with van der Waals surface area (Å²) in [5, 5.41) is 11.7. The molecule has 15 heavy (non-hydrogen) atoms. The van der Waals surface area contributed by atoms with Gasteiger partial charge in [0.25, 0.3) is 0 Å². The minimum absolute atomic E-state index is 0.548. The van der Waals surface area contributed by atoms with Crippen molar-refractivity contribution in [1.29, 1.82) is 0 Å². The zero-order valence-corrected chi connectivity index (χ0v) is 9.55. The highest BCUT2D eigenvalue weighted by Gasteiger charge is 1.97. The summed E-state index contributed by atoms with van der Waals surface area (Å²) in [7, 11) is 0. The summed E-state index contributed by atoms with van der Waals surface area (Å²) in [5.74, 6) is 0.548. The Bertz CT molecular complexity index is 416. The average Bonchev–Trinajstić information content (AvgIpc) is 2.79. The maximum Gasteiger partial charge on any atom is 0.205 e. The van der Waals surface area contributed by atoms with Gasteiger partial charge in [-0.1, -0.05) is 35.6 Å². The summed E-state index contributed by atoms with van der Waals surface area (Å²) in [6, 6.07) is 8.17. The SMILES string of the molecule is ClCc1cccc(CNc2nncs2)c1. The first-order valence-corrected chi connectivity index (χ1v) is 5.94. The van der Waals surface area contributed by atoms with Gasteiger partial charge in [-0.25, -0.2) is 0 Å². The Hall–Kier alpha value is -1.13. The molecule has 2 aromatic rings. The predicted molar refractivity (Wildman–Crippen MR) is 63.2 cm³/mol. The van der Waals surface area contributed by atoms with E-state index in [4.69, 9.17) is 11.6 Å². The van der Waals surface area contributed by atoms with Crippen molar-refractivity contribution in [2.75, 3.05) is 5.32 Å². The smallest absolute Gasteiger partial charge is 0.205 e. The Morgan fingerprint density at radius 3 is 2.93 bits per heavy atom. The van der Waals surface area contributed by atoms with Crippen LogP contribution in [0.15, 0.2) is 29.8 Å². The lowest BCUT2D eigenvalue weighted by atomic mass is 10.1. The molecule has 5 heteroatoms. The summed E-state index contributed by atoms with van der Waals surface area (Å²) in [6.45, 7) is 0.750. The third-order valence-electron chi connectivity index (χ3n) is 1.95. The number of rotatable bonds is 4. The lowest BCUT2D eigenvalue weighted by Gasteiger charge is -2.03. The van der Waals surface area contributed by atoms with Gasteiger partial charge in [0.2, 0.25) is 5.13 Å². The van der Waals surface area contributed by atoms with E-state index < -0.39 is 0 Å². The number of aromatic nitrogens is 2. The summed E-state index contributed by atoms with van der Waals surface area (Å²) >= 11 is 7.25. The van der Waals surface area contributed by atoms with Crippen molar-refractivity contribution in [3.63, 3.8) is 0 Å². The molecule has 1 aromatic carbocycles. The molecule has 1 heterocycles. The average molecular weight is 240 g/mol. The van der Waals surface area contributed by atoms with Crippen molar-refractivity contribution in [2.45, 2.75) is 12.4 Å². The zero-order chi connectivity index (χ0) is 10.5. The zero-order valence-electron chi connectivity index (χ0n) is 7.98. The first-order chi connectivity index (χ1) is 7.38. The number of alkyl halides is 1. The third kappa shape index (κ3) is 2.91. The Kier molecular flexibility index (Phi) is 3.53. The minimum Gasteiger partial charge on any atom is -0.356 e. The fraction of sp³-hybridized carbons (Fsp3) is 0.200. The summed E-state index contributed by atoms with van der Waals surface area (Å²) in [4.78, 5) is 0. The fourth-order valence-corrected chi connectivity index (χ4v) is 1.86. The van der Waals surface area contributed by atoms with Crippen molar-refractivity contribution in [3.8, 4) is 0 Å². The molecule has 0 aliphatic heterocycles. The molecule has 2 rings (SSSR count). The molecule has 0 aliphatic carbocycles. The number of anilines is 1. The molecule has 1 aromatic heterocycles. The van der Waals surface area contributed by atoms with E-state index in [1.165, 1.54) is 16.9 Å². The Balaban J connectivity index is 1.98. The van der Waals surface area contributed by atoms with E-state index >= 15 is 0 Å². The summed E-state index contributed by atoms with van der Waals surface area (Å²) in [5.41, 5.74) is 4.04. The van der Waals surface area contributed by atoms with Crippen LogP contribution >= 0.6 is 22.9 Å². The molecule has 0 amide bonds. The van der Waals surface area contributed by atoms with E-state index in [2.05, 4.69) is 27.6 Å². The largest absolute Gasteiger partial charge is 0.356 e. The number of hydrogen-bond donors (Lipinski definition) is 1. The normalized spacial score (nSPS) is 10.2. The second kappa shape index (κ2) is 5.09. The second-order valence-electron chi connectivity index (χ2n) is 3.05. The van der Waals surface area contributed by atoms with Crippen LogP contribution in [-0.4, -0.2) is 10.2 Å². The third-order valence-corrected chi connectivity index (χ3v) is 2.91. The molecule has 0 unspecified atom stereocenters. The summed E-state index contributed by atoms with van der Waals surface area (Å²) < 4.78 is 0. The molecule has 0 radical (unpaired) electrons. The molecule has 78 valence electrons. The molecule has 0 aliphatic rings. The van der Waals surface area contributed by atoms with Crippen LogP contribution in [0.1, 0.15) is 11.1 Å². The van der Waals surface area contributed by atoms with Crippen molar-refractivity contribution in [2.24, 2.45) is 0 Å². The molecule has 3 nitrogen and oxygen atoms in total. The van der Waals surface area contributed by atoms with Crippen LogP contribution in [0.25, 0.3) is 0 Å². The molecule has 0 bridgehead atoms. The quantitative estimate of drug-likeness (QED) is 0.834. The van der Waals surface area contributed by atoms with Crippen molar-refractivity contribution in [1.82, 2.24) is 10.2 Å². The molecule has 0 saturated carbocycles. The van der Waals surface area contributed by atoms with E-state index in [-0.39, 0.29) is 0 Å². The van der Waals surface area contributed by atoms with Crippen molar-refractivity contribution < 1.29 is 0 Å². The maximum absolute atomic E-state index is 5.76. The Morgan fingerprint density at radius 1 is 1.33 bits per heavy atom. The van der Waals surface area contributed by atoms with Crippen LogP contribution in [-0.2, 0) is 12.4 Å². The highest BCUT2D eigenvalue weighted by Crippen LogP contribution is 2.12. The van der Waals surface area contributed by atoms with E-state index in [0.29, 0.717) is 5.88 Å². The van der Waals surface area contributed by atoms with Gasteiger partial charge in [-0.3, -0.25) is 0 Å². The molecule has 0 atom stereocenters. The predicted octanol–water partition coefficient (Wildman–Crippen LogP) is 2.89. The topological polar surface area (TPSA) is 37.8 Å². The van der Waals surface area contributed by atoms with Crippen molar-refractivity contribution >= 4 is 28.1 Å². The van der Waals surface area contributed by atoms with E-state index in [0.717, 1.165) is 17.2 Å². The van der Waals surface area contributed by atoms with Gasteiger partial charge in [0.05, 0.1) is 0 Å². The van der Waals surface area contributed by atoms with Gasteiger partial charge >= 0.3 is 0 Å². The molecule has 0 fully saturated rings. The van der Waals surface area contributed by atoms with Crippen LogP contribution in [0, 0.1) is 0 Å². The van der Waals surface area contributed by atoms with E-state index in [9.17, 15) is 0 Å². The second-order valence-corrected chi connectivity index (χ2v) is 4.15. The number of nitrogens with one attached hydrogen (secondary N) is 1. The van der Waals surface area contributed by atoms with Crippen LogP contribution in [0.5, 0.6) is 0 Å². The van der Waals surface area contributed by atoms with Crippen LogP contribution in [0.3, 0.4) is 0 Å². The molecular formula is C10H10ClN3S. The number of benzene rings is 1. The van der Waals surface area contributed by atoms with E-state index in [1.807, 2.05) is 12.1 Å². The van der Waals surface area contributed by atoms with Crippen LogP contribution in [0.2, 0.25) is 0 Å². The summed E-state index contributed by atoms with van der Waals surface area (Å²) in [6.07, 6.45) is 0. The molecule has 0 spiro atoms. The Morgan fingerprint density at radius 2 is 2.20 bits per heavy atom. The van der Waals surface area contributed by atoms with Gasteiger partial charge in [0.15, 0.2) is 0 Å².